The molecule has 1 saturated heterocycles. The quantitative estimate of drug-likeness (QED) is 0.0562. The number of carboxylic acids is 1. The molecule has 6 aromatic rings. The third-order valence-electron chi connectivity index (χ3n) is 11.7. The molecule has 5 unspecified atom stereocenters. The number of cyclic esters (lactones) is 1. The molecule has 18 N–H and O–H groups in total. The topological polar surface area (TPSA) is 531 Å². The van der Waals surface area contributed by atoms with E-state index < -0.39 is 227 Å². The van der Waals surface area contributed by atoms with Crippen molar-refractivity contribution in [2.75, 3.05) is 6.61 Å². The maximum Gasteiger partial charge on any atom is 0.340 e. The summed E-state index contributed by atoms with van der Waals surface area (Å²) >= 11 is 0. The molecule has 31 nitrogen and oxygen atoms in total. The SMILES string of the molecule is O=C(OC1OC2COC(=O)c3cc(Oc4c(C(=O)O)cc(O)c(O)c4O)c(O)c(O)c3-c3c(cc(O)c(O)c3O)C(=O)OC2C(OC(=O)c2cc(O)c(O)c(O)c2)C1OC(=O)c1cc(O)c(O)c(O)c1)c1cc(O)c(O)c(O)c1. The van der Waals surface area contributed by atoms with Crippen molar-refractivity contribution in [2.45, 2.75) is 30.7 Å². The standard InChI is InChI=1S/C48H34O31/c49-17-1-11(2-18(50)29(17)57)43(68)77-40-39-26(75-48(79-45(70)13-5-21(53)31(59)22(54)6-13)41(40)78-44(69)12-3-19(51)30(58)20(52)4-12)10-73-46(71)15-9-25(74-38-16(42(66)67)8-24(56)33(61)37(38)65)34(62)36(64)28(15)27-14(47(72)76-39)7-23(55)32(60)35(27)63/h1-9,26,39-41,48-65H,10H2,(H,66,67). The monoisotopic (exact) mass is 1110 g/mol. The molecule has 412 valence electrons. The van der Waals surface area contributed by atoms with Crippen LogP contribution in [0.1, 0.15) is 62.1 Å². The molecule has 8 rings (SSSR count). The van der Waals surface area contributed by atoms with Gasteiger partial charge in [-0.1, -0.05) is 0 Å². The summed E-state index contributed by atoms with van der Waals surface area (Å²) in [6, 6.07) is 4.06. The smallest absolute Gasteiger partial charge is 0.340 e. The van der Waals surface area contributed by atoms with E-state index in [1.807, 2.05) is 0 Å². The van der Waals surface area contributed by atoms with Crippen LogP contribution in [0.4, 0.5) is 0 Å². The Morgan fingerprint density at radius 1 is 0.443 bits per heavy atom. The molecule has 0 spiro atoms. The zero-order valence-corrected chi connectivity index (χ0v) is 38.6. The summed E-state index contributed by atoms with van der Waals surface area (Å²) in [7, 11) is 0. The van der Waals surface area contributed by atoms with Crippen molar-refractivity contribution in [3.63, 3.8) is 0 Å². The third kappa shape index (κ3) is 9.63. The van der Waals surface area contributed by atoms with Crippen LogP contribution in [0.2, 0.25) is 0 Å². The van der Waals surface area contributed by atoms with Crippen LogP contribution in [0.3, 0.4) is 0 Å². The highest BCUT2D eigenvalue weighted by Gasteiger charge is 2.55. The van der Waals surface area contributed by atoms with E-state index in [1.54, 1.807) is 0 Å². The van der Waals surface area contributed by atoms with Crippen LogP contribution in [-0.4, -0.2) is 165 Å². The number of carbonyl (C=O) groups is 6. The fourth-order valence-corrected chi connectivity index (χ4v) is 7.84. The summed E-state index contributed by atoms with van der Waals surface area (Å²) < 4.78 is 39.1. The van der Waals surface area contributed by atoms with E-state index in [0.717, 1.165) is 0 Å². The summed E-state index contributed by atoms with van der Waals surface area (Å²) in [5.41, 5.74) is -8.67. The van der Waals surface area contributed by atoms with Crippen molar-refractivity contribution in [3.8, 4) is 120 Å². The van der Waals surface area contributed by atoms with Gasteiger partial charge in [-0.15, -0.1) is 0 Å². The number of esters is 5. The lowest BCUT2D eigenvalue weighted by atomic mass is 9.91. The Bertz CT molecular complexity index is 3550. The van der Waals surface area contributed by atoms with Crippen LogP contribution in [0.25, 0.3) is 11.1 Å². The molecule has 2 aliphatic rings. The van der Waals surface area contributed by atoms with Gasteiger partial charge in [0.05, 0.1) is 27.8 Å². The van der Waals surface area contributed by atoms with Gasteiger partial charge in [0.25, 0.3) is 0 Å². The highest BCUT2D eigenvalue weighted by atomic mass is 16.7. The number of aromatic carboxylic acids is 1. The maximum atomic E-state index is 14.7. The third-order valence-corrected chi connectivity index (χ3v) is 11.7. The second kappa shape index (κ2) is 20.0. The second-order valence-electron chi connectivity index (χ2n) is 16.6. The number of hydrogen-bond donors (Lipinski definition) is 18. The van der Waals surface area contributed by atoms with Crippen LogP contribution in [0.15, 0.2) is 54.6 Å². The normalized spacial score (nSPS) is 17.7. The van der Waals surface area contributed by atoms with Gasteiger partial charge in [-0.05, 0) is 42.5 Å². The van der Waals surface area contributed by atoms with E-state index in [1.165, 1.54) is 0 Å². The number of ether oxygens (including phenoxy) is 7. The van der Waals surface area contributed by atoms with Crippen molar-refractivity contribution < 1.29 is 154 Å². The molecule has 0 radical (unpaired) electrons. The molecule has 0 aromatic heterocycles. The van der Waals surface area contributed by atoms with Crippen LogP contribution in [-0.2, 0) is 28.4 Å². The number of phenolic OH excluding ortho intramolecular Hbond substituents is 17. The first-order valence-electron chi connectivity index (χ1n) is 21.6. The summed E-state index contributed by atoms with van der Waals surface area (Å²) in [5, 5.41) is 188. The minimum absolute atomic E-state index is 0.313. The lowest BCUT2D eigenvalue weighted by Gasteiger charge is -2.43. The fraction of sp³-hybridized carbons (Fsp3) is 0.125. The van der Waals surface area contributed by atoms with Crippen LogP contribution in [0, 0.1) is 0 Å². The van der Waals surface area contributed by atoms with E-state index in [9.17, 15) is 121 Å². The summed E-state index contributed by atoms with van der Waals surface area (Å²) in [4.78, 5) is 83.3. The Morgan fingerprint density at radius 3 is 1.33 bits per heavy atom. The Kier molecular flexibility index (Phi) is 13.6. The van der Waals surface area contributed by atoms with E-state index in [-0.39, 0.29) is 0 Å². The van der Waals surface area contributed by atoms with Crippen molar-refractivity contribution in [3.05, 3.63) is 88.0 Å². The van der Waals surface area contributed by atoms with E-state index in [4.69, 9.17) is 33.2 Å². The van der Waals surface area contributed by atoms with Gasteiger partial charge in [0.1, 0.15) is 18.3 Å². The lowest BCUT2D eigenvalue weighted by Crippen LogP contribution is -2.63. The molecule has 0 bridgehead atoms. The minimum atomic E-state index is -2.67. The molecule has 1 fully saturated rings. The van der Waals surface area contributed by atoms with E-state index >= 15 is 0 Å². The lowest BCUT2D eigenvalue weighted by molar-refractivity contribution is -0.282. The zero-order valence-electron chi connectivity index (χ0n) is 38.6. The van der Waals surface area contributed by atoms with Crippen LogP contribution in [0.5, 0.6) is 109 Å². The average Bonchev–Trinajstić information content (AvgIpc) is 3.43. The number of benzene rings is 6. The predicted molar refractivity (Wildman–Crippen MR) is 245 cm³/mol. The molecule has 0 aliphatic carbocycles. The fourth-order valence-electron chi connectivity index (χ4n) is 7.84. The van der Waals surface area contributed by atoms with Crippen molar-refractivity contribution in [1.29, 1.82) is 0 Å². The number of fused-ring (bicyclic) bond motifs is 4. The van der Waals surface area contributed by atoms with Crippen LogP contribution >= 0.6 is 0 Å². The van der Waals surface area contributed by atoms with Gasteiger partial charge in [-0.3, -0.25) is 0 Å². The average molecular weight is 1110 g/mol. The Hall–Kier alpha value is -11.5. The van der Waals surface area contributed by atoms with Gasteiger partial charge in [0, 0.05) is 23.3 Å². The molecule has 79 heavy (non-hydrogen) atoms. The molecule has 31 heteroatoms. The van der Waals surface area contributed by atoms with Gasteiger partial charge in [0.15, 0.2) is 98.5 Å². The Morgan fingerprint density at radius 2 is 0.848 bits per heavy atom. The molecule has 0 saturated carbocycles. The zero-order chi connectivity index (χ0) is 58.0. The summed E-state index contributed by atoms with van der Waals surface area (Å²) in [6.07, 6.45) is -12.9. The molecule has 2 heterocycles. The van der Waals surface area contributed by atoms with Crippen molar-refractivity contribution in [2.24, 2.45) is 0 Å². The first kappa shape index (κ1) is 53.8. The van der Waals surface area contributed by atoms with Crippen molar-refractivity contribution in [1.82, 2.24) is 0 Å². The first-order valence-corrected chi connectivity index (χ1v) is 21.6. The number of carbonyl (C=O) groups excluding carboxylic acids is 5. The van der Waals surface area contributed by atoms with Gasteiger partial charge < -0.3 is 125 Å². The van der Waals surface area contributed by atoms with Crippen molar-refractivity contribution >= 4 is 35.8 Å². The number of rotatable bonds is 9. The number of hydrogen-bond acceptors (Lipinski definition) is 30. The Balaban J connectivity index is 1.34. The molecular formula is C48H34O31. The van der Waals surface area contributed by atoms with Gasteiger partial charge >= 0.3 is 35.8 Å². The Labute approximate surface area is 434 Å². The number of phenols is 17. The summed E-state index contributed by atoms with van der Waals surface area (Å²) in [5.74, 6) is -35.6. The highest BCUT2D eigenvalue weighted by Crippen LogP contribution is 2.55. The molecule has 2 aliphatic heterocycles. The highest BCUT2D eigenvalue weighted by molar-refractivity contribution is 6.08. The minimum Gasteiger partial charge on any atom is -0.504 e. The molecule has 6 aromatic carbocycles. The molecule has 0 amide bonds. The van der Waals surface area contributed by atoms with Gasteiger partial charge in [0.2, 0.25) is 35.4 Å². The predicted octanol–water partition coefficient (Wildman–Crippen LogP) is 2.57. The first-order chi connectivity index (χ1) is 37.1. The largest absolute Gasteiger partial charge is 0.504 e. The van der Waals surface area contributed by atoms with E-state index in [0.29, 0.717) is 54.6 Å². The maximum absolute atomic E-state index is 14.7. The van der Waals surface area contributed by atoms with E-state index in [2.05, 4.69) is 0 Å². The molecular weight excluding hydrogens is 1070 g/mol. The molecule has 5 atom stereocenters. The van der Waals surface area contributed by atoms with Crippen LogP contribution < -0.4 is 4.74 Å². The number of aromatic hydroxyl groups is 17. The number of carboxylic acid groups (broad SMARTS) is 1. The van der Waals surface area contributed by atoms with Gasteiger partial charge in [-0.2, -0.15) is 0 Å². The second-order valence-corrected chi connectivity index (χ2v) is 16.6. The van der Waals surface area contributed by atoms with Gasteiger partial charge in [-0.25, -0.2) is 28.8 Å². The summed E-state index contributed by atoms with van der Waals surface area (Å²) in [6.45, 7) is -1.42.